The van der Waals surface area contributed by atoms with E-state index in [4.69, 9.17) is 0 Å². The van der Waals surface area contributed by atoms with Crippen LogP contribution in [0.2, 0.25) is 0 Å². The number of rotatable bonds is 3. The molecule has 1 rings (SSSR count). The Morgan fingerprint density at radius 1 is 1.42 bits per heavy atom. The third kappa shape index (κ3) is 6.15. The first-order valence-electron chi connectivity index (χ1n) is 4.06. The quantitative estimate of drug-likeness (QED) is 0.781. The van der Waals surface area contributed by atoms with E-state index in [1.54, 1.807) is 0 Å². The molecule has 0 spiro atoms. The monoisotopic (exact) mass is 188 g/mol. The average Bonchev–Trinajstić information content (AvgIpc) is 2.58. The highest BCUT2D eigenvalue weighted by Gasteiger charge is 1.87. The number of aromatic nitrogens is 4. The van der Waals surface area contributed by atoms with Gasteiger partial charge < -0.3 is 0 Å². The fourth-order valence-electron chi connectivity index (χ4n) is 0.536. The zero-order valence-electron chi connectivity index (χ0n) is 7.87. The van der Waals surface area contributed by atoms with Gasteiger partial charge in [-0.05, 0) is 18.4 Å². The van der Waals surface area contributed by atoms with E-state index in [0.29, 0.717) is 0 Å². The van der Waals surface area contributed by atoms with Crippen molar-refractivity contribution in [3.63, 3.8) is 0 Å². The molecule has 0 atom stereocenters. The molecule has 1 aromatic heterocycles. The number of nitrogens with one attached hydrogen (secondary N) is 1. The molecule has 0 fully saturated rings. The Labute approximate surface area is 77.5 Å². The van der Waals surface area contributed by atoms with E-state index in [1.807, 2.05) is 18.7 Å². The predicted molar refractivity (Wildman–Crippen MR) is 52.2 cm³/mol. The summed E-state index contributed by atoms with van der Waals surface area (Å²) >= 11 is 1.90. The molecular formula is C7H16N4S. The number of aromatic amines is 1. The number of nitrogens with zero attached hydrogens (tertiary/aromatic N) is 3. The van der Waals surface area contributed by atoms with Crippen LogP contribution in [0.4, 0.5) is 0 Å². The normalized spacial score (nSPS) is 8.92. The van der Waals surface area contributed by atoms with Crippen LogP contribution < -0.4 is 0 Å². The van der Waals surface area contributed by atoms with Gasteiger partial charge in [0.15, 0.2) is 5.82 Å². The molecule has 1 heterocycles. The summed E-state index contributed by atoms with van der Waals surface area (Å²) in [5.41, 5.74) is 0. The maximum atomic E-state index is 3.69. The van der Waals surface area contributed by atoms with Crippen molar-refractivity contribution in [1.82, 2.24) is 20.6 Å². The SMILES string of the molecule is CCCSC.CCc1nn[nH]n1. The van der Waals surface area contributed by atoms with E-state index in [2.05, 4.69) is 33.8 Å². The van der Waals surface area contributed by atoms with Crippen molar-refractivity contribution in [2.24, 2.45) is 0 Å². The molecule has 0 bridgehead atoms. The Kier molecular flexibility index (Phi) is 8.10. The summed E-state index contributed by atoms with van der Waals surface area (Å²) in [6.45, 7) is 4.17. The van der Waals surface area contributed by atoms with Crippen LogP contribution in [0.3, 0.4) is 0 Å². The van der Waals surface area contributed by atoms with Crippen LogP contribution in [0.25, 0.3) is 0 Å². The number of tetrazole rings is 1. The Hall–Kier alpha value is -0.580. The zero-order valence-corrected chi connectivity index (χ0v) is 8.69. The highest BCUT2D eigenvalue weighted by molar-refractivity contribution is 7.98. The first-order chi connectivity index (χ1) is 5.85. The maximum Gasteiger partial charge on any atom is 0.174 e. The van der Waals surface area contributed by atoms with Crippen LogP contribution in [-0.2, 0) is 6.42 Å². The first-order valence-corrected chi connectivity index (χ1v) is 5.45. The van der Waals surface area contributed by atoms with Crippen molar-refractivity contribution in [2.75, 3.05) is 12.0 Å². The van der Waals surface area contributed by atoms with E-state index in [9.17, 15) is 0 Å². The lowest BCUT2D eigenvalue weighted by atomic mass is 10.5. The third-order valence-electron chi connectivity index (χ3n) is 1.11. The lowest BCUT2D eigenvalue weighted by molar-refractivity contribution is 0.881. The molecule has 4 nitrogen and oxygen atoms in total. The second kappa shape index (κ2) is 8.52. The standard InChI is InChI=1S/C4H10S.C3H6N4/c1-3-4-5-2;1-2-3-4-6-7-5-3/h3-4H2,1-2H3;2H2,1H3,(H,4,5,6,7). The van der Waals surface area contributed by atoms with E-state index in [1.165, 1.54) is 12.2 Å². The van der Waals surface area contributed by atoms with Gasteiger partial charge in [-0.3, -0.25) is 0 Å². The van der Waals surface area contributed by atoms with Gasteiger partial charge in [0.05, 0.1) is 0 Å². The van der Waals surface area contributed by atoms with Gasteiger partial charge in [0.2, 0.25) is 0 Å². The van der Waals surface area contributed by atoms with Gasteiger partial charge in [0.1, 0.15) is 0 Å². The van der Waals surface area contributed by atoms with Gasteiger partial charge in [-0.15, -0.1) is 10.2 Å². The minimum Gasteiger partial charge on any atom is -0.177 e. The Balaban J connectivity index is 0.000000217. The number of aryl methyl sites for hydroxylation is 1. The van der Waals surface area contributed by atoms with E-state index >= 15 is 0 Å². The molecule has 0 aromatic carbocycles. The fraction of sp³-hybridized carbons (Fsp3) is 0.857. The number of H-pyrrole nitrogens is 1. The molecule has 0 amide bonds. The van der Waals surface area contributed by atoms with Crippen molar-refractivity contribution in [3.05, 3.63) is 5.82 Å². The lowest BCUT2D eigenvalue weighted by Crippen LogP contribution is -1.80. The van der Waals surface area contributed by atoms with Gasteiger partial charge in [0.25, 0.3) is 0 Å². The van der Waals surface area contributed by atoms with Crippen LogP contribution in [0.5, 0.6) is 0 Å². The molecule has 1 aromatic rings. The van der Waals surface area contributed by atoms with Gasteiger partial charge in [-0.25, -0.2) is 0 Å². The zero-order chi connectivity index (χ0) is 9.23. The Morgan fingerprint density at radius 3 is 2.33 bits per heavy atom. The molecule has 0 aliphatic carbocycles. The highest BCUT2D eigenvalue weighted by atomic mass is 32.2. The predicted octanol–water partition coefficient (Wildman–Crippen LogP) is 1.52. The second-order valence-electron chi connectivity index (χ2n) is 2.17. The van der Waals surface area contributed by atoms with E-state index < -0.39 is 0 Å². The molecule has 0 radical (unpaired) electrons. The fourth-order valence-corrected chi connectivity index (χ4v) is 0.945. The van der Waals surface area contributed by atoms with Crippen molar-refractivity contribution in [1.29, 1.82) is 0 Å². The summed E-state index contributed by atoms with van der Waals surface area (Å²) in [5.74, 6) is 2.07. The summed E-state index contributed by atoms with van der Waals surface area (Å²) < 4.78 is 0. The van der Waals surface area contributed by atoms with Crippen molar-refractivity contribution in [2.45, 2.75) is 26.7 Å². The van der Waals surface area contributed by atoms with Crippen LogP contribution >= 0.6 is 11.8 Å². The molecule has 70 valence electrons. The molecule has 0 saturated heterocycles. The van der Waals surface area contributed by atoms with Crippen molar-refractivity contribution >= 4 is 11.8 Å². The number of hydrogen-bond acceptors (Lipinski definition) is 4. The Morgan fingerprint density at radius 2 is 2.17 bits per heavy atom. The summed E-state index contributed by atoms with van der Waals surface area (Å²) in [6.07, 6.45) is 4.28. The molecule has 0 saturated carbocycles. The van der Waals surface area contributed by atoms with Gasteiger partial charge in [-0.1, -0.05) is 19.1 Å². The van der Waals surface area contributed by atoms with Gasteiger partial charge >= 0.3 is 0 Å². The largest absolute Gasteiger partial charge is 0.177 e. The summed E-state index contributed by atoms with van der Waals surface area (Å²) in [6, 6.07) is 0. The molecule has 0 aliphatic rings. The van der Waals surface area contributed by atoms with E-state index in [0.717, 1.165) is 12.2 Å². The third-order valence-corrected chi connectivity index (χ3v) is 1.93. The van der Waals surface area contributed by atoms with Gasteiger partial charge in [-0.2, -0.15) is 17.0 Å². The highest BCUT2D eigenvalue weighted by Crippen LogP contribution is 1.91. The Bertz CT molecular complexity index is 162. The number of hydrogen-bond donors (Lipinski definition) is 1. The topological polar surface area (TPSA) is 54.5 Å². The van der Waals surface area contributed by atoms with E-state index in [-0.39, 0.29) is 0 Å². The summed E-state index contributed by atoms with van der Waals surface area (Å²) in [4.78, 5) is 0. The smallest absolute Gasteiger partial charge is 0.174 e. The second-order valence-corrected chi connectivity index (χ2v) is 3.16. The van der Waals surface area contributed by atoms with Crippen LogP contribution in [0, 0.1) is 0 Å². The lowest BCUT2D eigenvalue weighted by Gasteiger charge is -1.80. The molecule has 0 aliphatic heterocycles. The van der Waals surface area contributed by atoms with Crippen molar-refractivity contribution in [3.8, 4) is 0 Å². The summed E-state index contributed by atoms with van der Waals surface area (Å²) in [5, 5.41) is 13.1. The summed E-state index contributed by atoms with van der Waals surface area (Å²) in [7, 11) is 0. The minimum absolute atomic E-state index is 0.764. The number of thioether (sulfide) groups is 1. The molecule has 1 N–H and O–H groups in total. The van der Waals surface area contributed by atoms with Crippen LogP contribution in [0.1, 0.15) is 26.1 Å². The molecule has 5 heteroatoms. The minimum atomic E-state index is 0.764. The first kappa shape index (κ1) is 11.4. The molecular weight excluding hydrogens is 172 g/mol. The van der Waals surface area contributed by atoms with Gasteiger partial charge in [0, 0.05) is 6.42 Å². The van der Waals surface area contributed by atoms with Crippen LogP contribution in [0.15, 0.2) is 0 Å². The molecule has 12 heavy (non-hydrogen) atoms. The maximum absolute atomic E-state index is 3.69. The van der Waals surface area contributed by atoms with Crippen LogP contribution in [-0.4, -0.2) is 32.6 Å². The average molecular weight is 188 g/mol. The van der Waals surface area contributed by atoms with Crippen molar-refractivity contribution < 1.29 is 0 Å². The molecule has 0 unspecified atom stereocenters.